The highest BCUT2D eigenvalue weighted by Gasteiger charge is 2.06. The predicted molar refractivity (Wildman–Crippen MR) is 74.2 cm³/mol. The molecule has 6 heteroatoms. The molecule has 1 aromatic rings. The number of carboxylic acid groups (broad SMARTS) is 1. The highest BCUT2D eigenvalue weighted by Crippen LogP contribution is 2.04. The average Bonchev–Trinajstić information content (AvgIpc) is 2.42. The summed E-state index contributed by atoms with van der Waals surface area (Å²) in [6.45, 7) is -0.0906. The summed E-state index contributed by atoms with van der Waals surface area (Å²) in [6.07, 6.45) is 1.24. The number of hydrogen-bond acceptors (Lipinski definition) is 3. The third-order valence-electron chi connectivity index (χ3n) is 2.55. The molecule has 0 aromatic heterocycles. The first-order valence-corrected chi connectivity index (χ1v) is 6.41. The van der Waals surface area contributed by atoms with E-state index in [0.717, 1.165) is 0 Å². The molecule has 0 aliphatic rings. The molecule has 0 aliphatic carbocycles. The number of hydrogen-bond donors (Lipinski definition) is 3. The zero-order valence-corrected chi connectivity index (χ0v) is 11.1. The molecule has 2 amide bonds. The van der Waals surface area contributed by atoms with E-state index < -0.39 is 5.97 Å². The molecule has 0 fully saturated rings. The van der Waals surface area contributed by atoms with Crippen LogP contribution in [0.3, 0.4) is 0 Å². The summed E-state index contributed by atoms with van der Waals surface area (Å²) >= 11 is 0. The molecule has 3 N–H and O–H groups in total. The monoisotopic (exact) mass is 278 g/mol. The van der Waals surface area contributed by atoms with Crippen LogP contribution in [0, 0.1) is 0 Å². The standard InChI is InChI=1S/C14H18N2O4/c17-12(8-4-5-9-14(19)20)15-10-13(18)16-11-6-2-1-3-7-11/h1-3,6-7H,4-5,8-10H2,(H,15,17)(H,16,18)(H,19,20). The van der Waals surface area contributed by atoms with Crippen molar-refractivity contribution in [1.82, 2.24) is 5.32 Å². The van der Waals surface area contributed by atoms with Crippen molar-refractivity contribution in [3.05, 3.63) is 30.3 Å². The first-order valence-electron chi connectivity index (χ1n) is 6.41. The number of benzene rings is 1. The average molecular weight is 278 g/mol. The van der Waals surface area contributed by atoms with Crippen LogP contribution in [0.15, 0.2) is 30.3 Å². The number of nitrogens with one attached hydrogen (secondary N) is 2. The second kappa shape index (κ2) is 8.68. The van der Waals surface area contributed by atoms with Crippen LogP contribution in [-0.4, -0.2) is 29.4 Å². The van der Waals surface area contributed by atoms with Crippen LogP contribution in [0.5, 0.6) is 0 Å². The maximum atomic E-state index is 11.5. The minimum Gasteiger partial charge on any atom is -0.481 e. The molecule has 1 aromatic carbocycles. The highest BCUT2D eigenvalue weighted by atomic mass is 16.4. The summed E-state index contributed by atoms with van der Waals surface area (Å²) in [4.78, 5) is 33.2. The zero-order chi connectivity index (χ0) is 14.8. The number of carbonyl (C=O) groups excluding carboxylic acids is 2. The summed E-state index contributed by atoms with van der Waals surface area (Å²) in [5.74, 6) is -1.42. The van der Waals surface area contributed by atoms with Crippen molar-refractivity contribution in [2.75, 3.05) is 11.9 Å². The molecule has 0 saturated heterocycles. The number of unbranched alkanes of at least 4 members (excludes halogenated alkanes) is 1. The smallest absolute Gasteiger partial charge is 0.303 e. The minimum absolute atomic E-state index is 0.0573. The van der Waals surface area contributed by atoms with Gasteiger partial charge in [-0.15, -0.1) is 0 Å². The Balaban J connectivity index is 2.14. The van der Waals surface area contributed by atoms with Crippen molar-refractivity contribution in [2.45, 2.75) is 25.7 Å². The molecule has 1 rings (SSSR count). The SMILES string of the molecule is O=C(O)CCCCC(=O)NCC(=O)Nc1ccccc1. The minimum atomic E-state index is -0.868. The Morgan fingerprint density at radius 2 is 1.60 bits per heavy atom. The number of amides is 2. The summed E-state index contributed by atoms with van der Waals surface area (Å²) < 4.78 is 0. The van der Waals surface area contributed by atoms with E-state index in [1.807, 2.05) is 6.07 Å². The molecule has 0 unspecified atom stereocenters. The number of para-hydroxylation sites is 1. The molecule has 20 heavy (non-hydrogen) atoms. The van der Waals surface area contributed by atoms with Gasteiger partial charge in [0.25, 0.3) is 0 Å². The fraction of sp³-hybridized carbons (Fsp3) is 0.357. The van der Waals surface area contributed by atoms with Gasteiger partial charge in [-0.1, -0.05) is 18.2 Å². The first-order chi connectivity index (χ1) is 9.58. The van der Waals surface area contributed by atoms with Crippen molar-refractivity contribution in [3.63, 3.8) is 0 Å². The summed E-state index contributed by atoms with van der Waals surface area (Å²) in [5.41, 5.74) is 0.674. The molecule has 0 spiro atoms. The van der Waals surface area contributed by atoms with E-state index >= 15 is 0 Å². The van der Waals surface area contributed by atoms with Gasteiger partial charge in [-0.25, -0.2) is 0 Å². The summed E-state index contributed by atoms with van der Waals surface area (Å²) in [6, 6.07) is 8.96. The largest absolute Gasteiger partial charge is 0.481 e. The molecule has 0 heterocycles. The molecule has 0 saturated carbocycles. The van der Waals surface area contributed by atoms with E-state index in [1.165, 1.54) is 0 Å². The third-order valence-corrected chi connectivity index (χ3v) is 2.55. The zero-order valence-electron chi connectivity index (χ0n) is 11.1. The van der Waals surface area contributed by atoms with Gasteiger partial charge in [0.15, 0.2) is 0 Å². The van der Waals surface area contributed by atoms with Crippen LogP contribution in [-0.2, 0) is 14.4 Å². The van der Waals surface area contributed by atoms with Gasteiger partial charge in [-0.05, 0) is 25.0 Å². The Hall–Kier alpha value is -2.37. The molecule has 0 atom stereocenters. The van der Waals surface area contributed by atoms with E-state index in [-0.39, 0.29) is 31.2 Å². The van der Waals surface area contributed by atoms with Crippen molar-refractivity contribution in [1.29, 1.82) is 0 Å². The van der Waals surface area contributed by atoms with Crippen LogP contribution in [0.4, 0.5) is 5.69 Å². The van der Waals surface area contributed by atoms with Crippen LogP contribution in [0.1, 0.15) is 25.7 Å². The number of carboxylic acids is 1. The molecule has 0 aliphatic heterocycles. The lowest BCUT2D eigenvalue weighted by atomic mass is 10.2. The summed E-state index contributed by atoms with van der Waals surface area (Å²) in [7, 11) is 0. The first kappa shape index (κ1) is 15.7. The maximum absolute atomic E-state index is 11.5. The Morgan fingerprint density at radius 3 is 2.25 bits per heavy atom. The van der Waals surface area contributed by atoms with Crippen molar-refractivity contribution in [2.24, 2.45) is 0 Å². The normalized spacial score (nSPS) is 9.80. The van der Waals surface area contributed by atoms with Gasteiger partial charge in [0.2, 0.25) is 11.8 Å². The van der Waals surface area contributed by atoms with Crippen molar-refractivity contribution < 1.29 is 19.5 Å². The molecule has 0 bridgehead atoms. The number of carbonyl (C=O) groups is 3. The summed E-state index contributed by atoms with van der Waals surface area (Å²) in [5, 5.41) is 13.6. The Labute approximate surface area is 117 Å². The topological polar surface area (TPSA) is 95.5 Å². The fourth-order valence-electron chi connectivity index (χ4n) is 1.56. The third kappa shape index (κ3) is 7.15. The molecule has 0 radical (unpaired) electrons. The molecular weight excluding hydrogens is 260 g/mol. The maximum Gasteiger partial charge on any atom is 0.303 e. The van der Waals surface area contributed by atoms with Crippen molar-refractivity contribution >= 4 is 23.5 Å². The van der Waals surface area contributed by atoms with Crippen LogP contribution in [0.25, 0.3) is 0 Å². The fourth-order valence-corrected chi connectivity index (χ4v) is 1.56. The second-order valence-electron chi connectivity index (χ2n) is 4.29. The van der Waals surface area contributed by atoms with Gasteiger partial charge in [-0.3, -0.25) is 14.4 Å². The van der Waals surface area contributed by atoms with Gasteiger partial charge in [0.1, 0.15) is 0 Å². The lowest BCUT2D eigenvalue weighted by Gasteiger charge is -2.06. The number of rotatable bonds is 8. The molecular formula is C14H18N2O4. The van der Waals surface area contributed by atoms with E-state index in [2.05, 4.69) is 10.6 Å². The van der Waals surface area contributed by atoms with Crippen LogP contribution < -0.4 is 10.6 Å². The van der Waals surface area contributed by atoms with Crippen molar-refractivity contribution in [3.8, 4) is 0 Å². The van der Waals surface area contributed by atoms with Gasteiger partial charge in [-0.2, -0.15) is 0 Å². The van der Waals surface area contributed by atoms with Gasteiger partial charge in [0.05, 0.1) is 6.54 Å². The van der Waals surface area contributed by atoms with E-state index in [1.54, 1.807) is 24.3 Å². The number of anilines is 1. The van der Waals surface area contributed by atoms with Crippen LogP contribution >= 0.6 is 0 Å². The Kier molecular flexibility index (Phi) is 6.81. The van der Waals surface area contributed by atoms with E-state index in [9.17, 15) is 14.4 Å². The molecule has 6 nitrogen and oxygen atoms in total. The van der Waals surface area contributed by atoms with Gasteiger partial charge >= 0.3 is 5.97 Å². The Morgan fingerprint density at radius 1 is 0.950 bits per heavy atom. The van der Waals surface area contributed by atoms with E-state index in [4.69, 9.17) is 5.11 Å². The van der Waals surface area contributed by atoms with Gasteiger partial charge in [0, 0.05) is 18.5 Å². The number of aliphatic carboxylic acids is 1. The second-order valence-corrected chi connectivity index (χ2v) is 4.29. The van der Waals surface area contributed by atoms with Crippen LogP contribution in [0.2, 0.25) is 0 Å². The highest BCUT2D eigenvalue weighted by molar-refractivity contribution is 5.94. The quantitative estimate of drug-likeness (QED) is 0.626. The lowest BCUT2D eigenvalue weighted by molar-refractivity contribution is -0.137. The van der Waals surface area contributed by atoms with Gasteiger partial charge < -0.3 is 15.7 Å². The lowest BCUT2D eigenvalue weighted by Crippen LogP contribution is -2.32. The molecule has 108 valence electrons. The predicted octanol–water partition coefficient (Wildman–Crippen LogP) is 1.39. The van der Waals surface area contributed by atoms with E-state index in [0.29, 0.717) is 18.5 Å². The Bertz CT molecular complexity index is 460.